The van der Waals surface area contributed by atoms with E-state index in [-0.39, 0.29) is 5.91 Å². The Morgan fingerprint density at radius 1 is 0.656 bits per heavy atom. The van der Waals surface area contributed by atoms with Crippen molar-refractivity contribution in [2.45, 2.75) is 6.92 Å². The van der Waals surface area contributed by atoms with Gasteiger partial charge >= 0.3 is 0 Å². The Kier molecular flexibility index (Phi) is 19.8. The summed E-state index contributed by atoms with van der Waals surface area (Å²) in [7, 11) is 0. The minimum Gasteiger partial charge on any atom is -0.491 e. The molecule has 0 aliphatic carbocycles. The molecule has 0 saturated heterocycles. The van der Waals surface area contributed by atoms with Crippen LogP contribution in [0.3, 0.4) is 0 Å². The van der Waals surface area contributed by atoms with E-state index >= 15 is 0 Å². The highest BCUT2D eigenvalue weighted by Gasteiger charge is 1.98. The third-order valence-corrected chi connectivity index (χ3v) is 4.19. The average Bonchev–Trinajstić information content (AvgIpc) is 2.78. The van der Waals surface area contributed by atoms with Gasteiger partial charge in [-0.05, 0) is 24.3 Å². The lowest BCUT2D eigenvalue weighted by molar-refractivity contribution is -0.114. The van der Waals surface area contributed by atoms with Crippen molar-refractivity contribution in [3.63, 3.8) is 0 Å². The van der Waals surface area contributed by atoms with Crippen LogP contribution in [0.1, 0.15) is 6.92 Å². The highest BCUT2D eigenvalue weighted by atomic mass is 127. The van der Waals surface area contributed by atoms with Gasteiger partial charge in [0.25, 0.3) is 0 Å². The van der Waals surface area contributed by atoms with Crippen LogP contribution in [0, 0.1) is 0 Å². The SMILES string of the molecule is CC(=O)Nc1ccc(OCCOCCOCCOCCOCCOCCOCCI)cc1. The molecule has 0 unspecified atom stereocenters. The van der Waals surface area contributed by atoms with Crippen molar-refractivity contribution in [2.75, 3.05) is 95.6 Å². The lowest BCUT2D eigenvalue weighted by Crippen LogP contribution is -2.15. The van der Waals surface area contributed by atoms with Crippen LogP contribution in [0.2, 0.25) is 0 Å². The number of anilines is 1. The van der Waals surface area contributed by atoms with Crippen molar-refractivity contribution in [1.82, 2.24) is 0 Å². The number of carbonyl (C=O) groups excluding carboxylic acids is 1. The smallest absolute Gasteiger partial charge is 0.221 e. The standard InChI is InChI=1S/C22H36INO8/c1-20(25)24-21-2-4-22(5-3-21)32-19-18-31-17-16-30-15-14-29-13-12-28-11-10-27-9-8-26-7-6-23/h2-5H,6-19H2,1H3,(H,24,25). The van der Waals surface area contributed by atoms with Gasteiger partial charge < -0.3 is 38.5 Å². The largest absolute Gasteiger partial charge is 0.491 e. The first-order chi connectivity index (χ1) is 15.7. The van der Waals surface area contributed by atoms with Gasteiger partial charge in [0.1, 0.15) is 12.4 Å². The molecule has 0 radical (unpaired) electrons. The Balaban J connectivity index is 1.76. The molecule has 0 aromatic heterocycles. The zero-order chi connectivity index (χ0) is 23.1. The molecule has 0 atom stereocenters. The Morgan fingerprint density at radius 3 is 1.41 bits per heavy atom. The molecule has 1 rings (SSSR count). The molecule has 0 heterocycles. The maximum Gasteiger partial charge on any atom is 0.221 e. The molecule has 1 N–H and O–H groups in total. The average molecular weight is 569 g/mol. The summed E-state index contributed by atoms with van der Waals surface area (Å²) >= 11 is 2.27. The first-order valence-corrected chi connectivity index (χ1v) is 12.3. The van der Waals surface area contributed by atoms with Crippen LogP contribution in [-0.2, 0) is 33.2 Å². The Hall–Kier alpha value is -1.02. The summed E-state index contributed by atoms with van der Waals surface area (Å²) in [4.78, 5) is 11.0. The Labute approximate surface area is 204 Å². The molecule has 1 aromatic rings. The zero-order valence-corrected chi connectivity index (χ0v) is 21.0. The third kappa shape index (κ3) is 18.5. The number of nitrogens with one attached hydrogen (secondary N) is 1. The second-order valence-electron chi connectivity index (χ2n) is 6.42. The van der Waals surface area contributed by atoms with Crippen molar-refractivity contribution in [3.8, 4) is 5.75 Å². The first kappa shape index (κ1) is 29.0. The van der Waals surface area contributed by atoms with E-state index in [1.54, 1.807) is 24.3 Å². The van der Waals surface area contributed by atoms with Crippen molar-refractivity contribution in [2.24, 2.45) is 0 Å². The topological polar surface area (TPSA) is 93.7 Å². The van der Waals surface area contributed by atoms with Crippen molar-refractivity contribution in [3.05, 3.63) is 24.3 Å². The van der Waals surface area contributed by atoms with Crippen LogP contribution in [0.15, 0.2) is 24.3 Å². The molecule has 1 amide bonds. The van der Waals surface area contributed by atoms with Crippen LogP contribution in [-0.4, -0.2) is 96.2 Å². The lowest BCUT2D eigenvalue weighted by atomic mass is 10.3. The second kappa shape index (κ2) is 21.8. The first-order valence-electron chi connectivity index (χ1n) is 10.7. The lowest BCUT2D eigenvalue weighted by Gasteiger charge is -2.09. The molecule has 184 valence electrons. The number of benzene rings is 1. The van der Waals surface area contributed by atoms with Gasteiger partial charge in [0.15, 0.2) is 0 Å². The van der Waals surface area contributed by atoms with Gasteiger partial charge in [-0.25, -0.2) is 0 Å². The van der Waals surface area contributed by atoms with Gasteiger partial charge in [-0.15, -0.1) is 0 Å². The zero-order valence-electron chi connectivity index (χ0n) is 18.9. The summed E-state index contributed by atoms with van der Waals surface area (Å²) in [6.45, 7) is 8.59. The number of rotatable bonds is 22. The van der Waals surface area contributed by atoms with E-state index < -0.39 is 0 Å². The van der Waals surface area contributed by atoms with Crippen molar-refractivity contribution < 1.29 is 38.0 Å². The molecule has 0 spiro atoms. The van der Waals surface area contributed by atoms with Gasteiger partial charge in [0, 0.05) is 17.0 Å². The highest BCUT2D eigenvalue weighted by molar-refractivity contribution is 14.1. The number of amides is 1. The summed E-state index contributed by atoms with van der Waals surface area (Å²) in [5, 5.41) is 2.71. The van der Waals surface area contributed by atoms with Crippen LogP contribution < -0.4 is 10.1 Å². The number of carbonyl (C=O) groups is 1. The van der Waals surface area contributed by atoms with E-state index in [2.05, 4.69) is 27.9 Å². The van der Waals surface area contributed by atoms with E-state index in [1.165, 1.54) is 6.92 Å². The predicted octanol–water partition coefficient (Wildman–Crippen LogP) is 2.56. The van der Waals surface area contributed by atoms with Gasteiger partial charge in [0.2, 0.25) is 5.91 Å². The van der Waals surface area contributed by atoms with E-state index in [0.29, 0.717) is 79.3 Å². The van der Waals surface area contributed by atoms with Gasteiger partial charge in [0.05, 0.1) is 79.3 Å². The number of ether oxygens (including phenoxy) is 7. The van der Waals surface area contributed by atoms with Gasteiger partial charge in [-0.3, -0.25) is 4.79 Å². The normalized spacial score (nSPS) is 10.9. The van der Waals surface area contributed by atoms with Crippen molar-refractivity contribution >= 4 is 34.2 Å². The van der Waals surface area contributed by atoms with Crippen LogP contribution >= 0.6 is 22.6 Å². The summed E-state index contributed by atoms with van der Waals surface area (Å²) in [6, 6.07) is 7.19. The third-order valence-electron chi connectivity index (χ3n) is 3.75. The molecular weight excluding hydrogens is 533 g/mol. The molecule has 32 heavy (non-hydrogen) atoms. The molecular formula is C22H36INO8. The van der Waals surface area contributed by atoms with Crippen LogP contribution in [0.4, 0.5) is 5.69 Å². The Morgan fingerprint density at radius 2 is 1.03 bits per heavy atom. The van der Waals surface area contributed by atoms with E-state index in [1.807, 2.05) is 0 Å². The minimum atomic E-state index is -0.101. The predicted molar refractivity (Wildman–Crippen MR) is 130 cm³/mol. The summed E-state index contributed by atoms with van der Waals surface area (Å²) < 4.78 is 39.0. The number of halogens is 1. The quantitative estimate of drug-likeness (QED) is 0.130. The molecule has 0 saturated carbocycles. The van der Waals surface area contributed by atoms with E-state index in [4.69, 9.17) is 33.2 Å². The summed E-state index contributed by atoms with van der Waals surface area (Å²) in [6.07, 6.45) is 0. The molecule has 0 aliphatic heterocycles. The van der Waals surface area contributed by atoms with E-state index in [9.17, 15) is 4.79 Å². The number of hydrogen-bond donors (Lipinski definition) is 1. The molecule has 9 nitrogen and oxygen atoms in total. The van der Waals surface area contributed by atoms with Gasteiger partial charge in [-0.2, -0.15) is 0 Å². The highest BCUT2D eigenvalue weighted by Crippen LogP contribution is 2.15. The summed E-state index contributed by atoms with van der Waals surface area (Å²) in [5.74, 6) is 0.625. The fourth-order valence-corrected chi connectivity index (χ4v) is 2.62. The fraction of sp³-hybridized carbons (Fsp3) is 0.682. The molecule has 0 aliphatic rings. The minimum absolute atomic E-state index is 0.101. The molecule has 0 bridgehead atoms. The maximum atomic E-state index is 11.0. The Bertz CT molecular complexity index is 561. The van der Waals surface area contributed by atoms with E-state index in [0.717, 1.165) is 22.5 Å². The number of alkyl halides is 1. The monoisotopic (exact) mass is 569 g/mol. The van der Waals surface area contributed by atoms with Gasteiger partial charge in [-0.1, -0.05) is 22.6 Å². The second-order valence-corrected chi connectivity index (χ2v) is 7.50. The van der Waals surface area contributed by atoms with Crippen LogP contribution in [0.25, 0.3) is 0 Å². The summed E-state index contributed by atoms with van der Waals surface area (Å²) in [5.41, 5.74) is 0.739. The maximum absolute atomic E-state index is 11.0. The van der Waals surface area contributed by atoms with Crippen LogP contribution in [0.5, 0.6) is 5.75 Å². The molecule has 10 heteroatoms. The molecule has 1 aromatic carbocycles. The number of hydrogen-bond acceptors (Lipinski definition) is 8. The van der Waals surface area contributed by atoms with Crippen molar-refractivity contribution in [1.29, 1.82) is 0 Å². The fourth-order valence-electron chi connectivity index (χ4n) is 2.31. The molecule has 0 fully saturated rings.